The summed E-state index contributed by atoms with van der Waals surface area (Å²) in [7, 11) is 0. The van der Waals surface area contributed by atoms with Gasteiger partial charge in [0.1, 0.15) is 0 Å². The molecule has 14 heavy (non-hydrogen) atoms. The third kappa shape index (κ3) is 3.56. The van der Waals surface area contributed by atoms with Crippen molar-refractivity contribution in [3.63, 3.8) is 0 Å². The van der Waals surface area contributed by atoms with Crippen LogP contribution in [0.2, 0.25) is 0 Å². The summed E-state index contributed by atoms with van der Waals surface area (Å²) in [6, 6.07) is 0. The van der Waals surface area contributed by atoms with Gasteiger partial charge in [-0.15, -0.1) is 0 Å². The SMILES string of the molecule is CC(C)C(O)C(O)CCC1CCCO1. The first-order valence-corrected chi connectivity index (χ1v) is 5.59. The van der Waals surface area contributed by atoms with Gasteiger partial charge in [0.15, 0.2) is 0 Å². The molecule has 0 spiro atoms. The minimum Gasteiger partial charge on any atom is -0.390 e. The Labute approximate surface area is 86.1 Å². The molecule has 3 heteroatoms. The Morgan fingerprint density at radius 2 is 2.07 bits per heavy atom. The zero-order valence-corrected chi connectivity index (χ0v) is 9.15. The number of hydrogen-bond acceptors (Lipinski definition) is 3. The monoisotopic (exact) mass is 202 g/mol. The van der Waals surface area contributed by atoms with Gasteiger partial charge in [0.05, 0.1) is 18.3 Å². The highest BCUT2D eigenvalue weighted by Gasteiger charge is 2.22. The van der Waals surface area contributed by atoms with Crippen molar-refractivity contribution in [1.82, 2.24) is 0 Å². The maximum atomic E-state index is 9.64. The third-order valence-electron chi connectivity index (χ3n) is 2.89. The van der Waals surface area contributed by atoms with E-state index in [0.717, 1.165) is 25.9 Å². The van der Waals surface area contributed by atoms with Crippen LogP contribution in [0.1, 0.15) is 39.5 Å². The molecule has 2 N–H and O–H groups in total. The maximum Gasteiger partial charge on any atom is 0.0821 e. The summed E-state index contributed by atoms with van der Waals surface area (Å²) in [5.41, 5.74) is 0. The van der Waals surface area contributed by atoms with Gasteiger partial charge < -0.3 is 14.9 Å². The lowest BCUT2D eigenvalue weighted by Crippen LogP contribution is -2.31. The highest BCUT2D eigenvalue weighted by Crippen LogP contribution is 2.19. The van der Waals surface area contributed by atoms with Gasteiger partial charge in [0.25, 0.3) is 0 Å². The number of hydrogen-bond donors (Lipinski definition) is 2. The second kappa shape index (κ2) is 5.69. The molecule has 0 amide bonds. The van der Waals surface area contributed by atoms with Crippen LogP contribution in [0.4, 0.5) is 0 Å². The number of aliphatic hydroxyl groups excluding tert-OH is 2. The molecule has 0 aliphatic carbocycles. The molecule has 3 unspecified atom stereocenters. The van der Waals surface area contributed by atoms with E-state index in [4.69, 9.17) is 4.74 Å². The lowest BCUT2D eigenvalue weighted by molar-refractivity contribution is -0.0203. The summed E-state index contributed by atoms with van der Waals surface area (Å²) in [5, 5.41) is 19.2. The highest BCUT2D eigenvalue weighted by atomic mass is 16.5. The van der Waals surface area contributed by atoms with Crippen molar-refractivity contribution in [3.8, 4) is 0 Å². The first kappa shape index (κ1) is 12.0. The van der Waals surface area contributed by atoms with Crippen LogP contribution in [0.5, 0.6) is 0 Å². The molecule has 1 rings (SSSR count). The van der Waals surface area contributed by atoms with Crippen molar-refractivity contribution in [2.45, 2.75) is 57.8 Å². The van der Waals surface area contributed by atoms with Gasteiger partial charge in [0, 0.05) is 6.61 Å². The van der Waals surface area contributed by atoms with E-state index in [-0.39, 0.29) is 5.92 Å². The molecule has 0 aromatic heterocycles. The summed E-state index contributed by atoms with van der Waals surface area (Å²) >= 11 is 0. The fraction of sp³-hybridized carbons (Fsp3) is 1.00. The van der Waals surface area contributed by atoms with E-state index in [1.165, 1.54) is 0 Å². The van der Waals surface area contributed by atoms with E-state index in [2.05, 4.69) is 0 Å². The molecular weight excluding hydrogens is 180 g/mol. The summed E-state index contributed by atoms with van der Waals surface area (Å²) in [4.78, 5) is 0. The Hall–Kier alpha value is -0.120. The van der Waals surface area contributed by atoms with Crippen LogP contribution in [-0.4, -0.2) is 35.1 Å². The molecule has 3 nitrogen and oxygen atoms in total. The van der Waals surface area contributed by atoms with E-state index in [1.807, 2.05) is 13.8 Å². The zero-order chi connectivity index (χ0) is 10.6. The van der Waals surface area contributed by atoms with Crippen molar-refractivity contribution >= 4 is 0 Å². The molecule has 1 fully saturated rings. The van der Waals surface area contributed by atoms with Crippen LogP contribution in [-0.2, 0) is 4.74 Å². The quantitative estimate of drug-likeness (QED) is 0.707. The van der Waals surface area contributed by atoms with Gasteiger partial charge in [0.2, 0.25) is 0 Å². The Balaban J connectivity index is 2.16. The zero-order valence-electron chi connectivity index (χ0n) is 9.15. The largest absolute Gasteiger partial charge is 0.390 e. The molecule has 3 atom stereocenters. The molecule has 0 radical (unpaired) electrons. The van der Waals surface area contributed by atoms with Crippen LogP contribution in [0.25, 0.3) is 0 Å². The smallest absolute Gasteiger partial charge is 0.0821 e. The van der Waals surface area contributed by atoms with Gasteiger partial charge in [-0.3, -0.25) is 0 Å². The van der Waals surface area contributed by atoms with Crippen LogP contribution >= 0.6 is 0 Å². The first-order chi connectivity index (χ1) is 6.61. The predicted octanol–water partition coefficient (Wildman–Crippen LogP) is 1.32. The van der Waals surface area contributed by atoms with Gasteiger partial charge in [-0.25, -0.2) is 0 Å². The summed E-state index contributed by atoms with van der Waals surface area (Å²) in [5.74, 6) is 0.120. The van der Waals surface area contributed by atoms with E-state index >= 15 is 0 Å². The predicted molar refractivity (Wildman–Crippen MR) is 55.1 cm³/mol. The first-order valence-electron chi connectivity index (χ1n) is 5.59. The Kier molecular flexibility index (Phi) is 4.85. The fourth-order valence-corrected chi connectivity index (χ4v) is 1.84. The van der Waals surface area contributed by atoms with Crippen molar-refractivity contribution in [1.29, 1.82) is 0 Å². The number of rotatable bonds is 5. The van der Waals surface area contributed by atoms with E-state index < -0.39 is 12.2 Å². The van der Waals surface area contributed by atoms with Crippen LogP contribution in [0, 0.1) is 5.92 Å². The maximum absolute atomic E-state index is 9.64. The van der Waals surface area contributed by atoms with Crippen LogP contribution in [0.15, 0.2) is 0 Å². The standard InChI is InChI=1S/C11H22O3/c1-8(2)11(13)10(12)6-5-9-4-3-7-14-9/h8-13H,3-7H2,1-2H3. The van der Waals surface area contributed by atoms with E-state index in [9.17, 15) is 10.2 Å². The van der Waals surface area contributed by atoms with E-state index in [0.29, 0.717) is 12.5 Å². The van der Waals surface area contributed by atoms with Crippen molar-refractivity contribution < 1.29 is 14.9 Å². The van der Waals surface area contributed by atoms with Gasteiger partial charge in [-0.2, -0.15) is 0 Å². The summed E-state index contributed by atoms with van der Waals surface area (Å²) < 4.78 is 5.45. The minimum absolute atomic E-state index is 0.120. The van der Waals surface area contributed by atoms with E-state index in [1.54, 1.807) is 0 Å². The molecule has 1 aliphatic heterocycles. The molecular formula is C11H22O3. The average molecular weight is 202 g/mol. The molecule has 0 saturated carbocycles. The molecule has 84 valence electrons. The second-order valence-electron chi connectivity index (χ2n) is 4.51. The normalized spacial score (nSPS) is 26.8. The molecule has 1 heterocycles. The molecule has 0 aromatic rings. The molecule has 0 bridgehead atoms. The Morgan fingerprint density at radius 1 is 1.36 bits per heavy atom. The molecule has 1 aliphatic rings. The summed E-state index contributed by atoms with van der Waals surface area (Å²) in [6.45, 7) is 4.69. The van der Waals surface area contributed by atoms with Crippen molar-refractivity contribution in [2.24, 2.45) is 5.92 Å². The molecule has 0 aromatic carbocycles. The lowest BCUT2D eigenvalue weighted by atomic mass is 9.97. The van der Waals surface area contributed by atoms with Gasteiger partial charge in [-0.1, -0.05) is 13.8 Å². The van der Waals surface area contributed by atoms with Crippen molar-refractivity contribution in [3.05, 3.63) is 0 Å². The Morgan fingerprint density at radius 3 is 2.57 bits per heavy atom. The van der Waals surface area contributed by atoms with Gasteiger partial charge >= 0.3 is 0 Å². The topological polar surface area (TPSA) is 49.7 Å². The Bertz CT molecular complexity index is 153. The van der Waals surface area contributed by atoms with Crippen molar-refractivity contribution in [2.75, 3.05) is 6.61 Å². The van der Waals surface area contributed by atoms with Crippen LogP contribution < -0.4 is 0 Å². The van der Waals surface area contributed by atoms with Gasteiger partial charge in [-0.05, 0) is 31.6 Å². The lowest BCUT2D eigenvalue weighted by Gasteiger charge is -2.22. The highest BCUT2D eigenvalue weighted by molar-refractivity contribution is 4.73. The minimum atomic E-state index is -0.601. The molecule has 1 saturated heterocycles. The number of ether oxygens (including phenoxy) is 1. The van der Waals surface area contributed by atoms with Crippen LogP contribution in [0.3, 0.4) is 0 Å². The average Bonchev–Trinajstić information content (AvgIpc) is 2.65. The summed E-state index contributed by atoms with van der Waals surface area (Å²) in [6.07, 6.45) is 2.85. The third-order valence-corrected chi connectivity index (χ3v) is 2.89. The second-order valence-corrected chi connectivity index (χ2v) is 4.51. The fourth-order valence-electron chi connectivity index (χ4n) is 1.84. The number of aliphatic hydroxyl groups is 2.